The van der Waals surface area contributed by atoms with Crippen molar-refractivity contribution in [2.45, 2.75) is 25.0 Å². The van der Waals surface area contributed by atoms with Gasteiger partial charge in [0.2, 0.25) is 0 Å². The lowest BCUT2D eigenvalue weighted by Crippen LogP contribution is -2.11. The summed E-state index contributed by atoms with van der Waals surface area (Å²) in [7, 11) is 0. The molecule has 1 aromatic rings. The van der Waals surface area contributed by atoms with Crippen molar-refractivity contribution in [1.29, 1.82) is 0 Å². The van der Waals surface area contributed by atoms with Gasteiger partial charge in [-0.2, -0.15) is 17.7 Å². The topological polar surface area (TPSA) is 40.5 Å². The van der Waals surface area contributed by atoms with Crippen molar-refractivity contribution in [2.24, 2.45) is 0 Å². The summed E-state index contributed by atoms with van der Waals surface area (Å²) in [4.78, 5) is 0. The van der Waals surface area contributed by atoms with E-state index in [1.807, 2.05) is 18.2 Å². The summed E-state index contributed by atoms with van der Waals surface area (Å²) in [5, 5.41) is 18.9. The van der Waals surface area contributed by atoms with Crippen molar-refractivity contribution in [3.63, 3.8) is 0 Å². The van der Waals surface area contributed by atoms with Crippen LogP contribution < -0.4 is 0 Å². The molecule has 11 heavy (non-hydrogen) atoms. The molecule has 0 heterocycles. The molecule has 1 aliphatic rings. The van der Waals surface area contributed by atoms with E-state index in [1.165, 1.54) is 0 Å². The molecule has 0 aliphatic heterocycles. The van der Waals surface area contributed by atoms with Crippen LogP contribution in [0.5, 0.6) is 0 Å². The zero-order valence-electron chi connectivity index (χ0n) is 6.20. The van der Waals surface area contributed by atoms with E-state index in [4.69, 9.17) is 0 Å². The van der Waals surface area contributed by atoms with E-state index in [1.54, 1.807) is 0 Å². The first-order valence-electron chi connectivity index (χ1n) is 3.90. The minimum atomic E-state index is -0.358. The fraction of sp³-hybridized carbons (Fsp3) is 0.444. The Balaban J connectivity index is 2.43. The summed E-state index contributed by atoms with van der Waals surface area (Å²) >= 11 is 0. The Hall–Kier alpha value is -0.730. The molecule has 60 valence electrons. The van der Waals surface area contributed by atoms with Gasteiger partial charge in [0.05, 0.1) is 6.10 Å². The van der Waals surface area contributed by atoms with Gasteiger partial charge in [0, 0.05) is 6.10 Å². The number of aliphatic hydroxyl groups is 2. The van der Waals surface area contributed by atoms with Gasteiger partial charge in [-0.3, -0.25) is 0 Å². The zero-order chi connectivity index (χ0) is 7.84. The fourth-order valence-corrected chi connectivity index (χ4v) is 1.68. The number of hydrogen-bond donors (Lipinski definition) is 2. The lowest BCUT2D eigenvalue weighted by molar-refractivity contribution is 0.0919. The second kappa shape index (κ2) is 2.40. The molecule has 1 aliphatic carbocycles. The summed E-state index contributed by atoms with van der Waals surface area (Å²) in [5.74, 6) is 0. The van der Waals surface area contributed by atoms with E-state index in [-0.39, 0.29) is 12.2 Å². The van der Waals surface area contributed by atoms with E-state index in [9.17, 15) is 10.2 Å². The van der Waals surface area contributed by atoms with E-state index in [2.05, 4.69) is 0 Å². The molecule has 0 radical (unpaired) electrons. The van der Waals surface area contributed by atoms with Crippen LogP contribution in [0.1, 0.15) is 36.2 Å². The van der Waals surface area contributed by atoms with Crippen molar-refractivity contribution in [3.8, 4) is 0 Å². The third kappa shape index (κ3) is 0.988. The fourth-order valence-electron chi connectivity index (χ4n) is 1.68. The first-order valence-corrected chi connectivity index (χ1v) is 3.90. The van der Waals surface area contributed by atoms with Gasteiger partial charge < -0.3 is 10.2 Å². The van der Waals surface area contributed by atoms with Crippen LogP contribution in [-0.4, -0.2) is 10.2 Å². The Bertz CT molecular complexity index is 227. The summed E-state index contributed by atoms with van der Waals surface area (Å²) < 4.78 is 0. The van der Waals surface area contributed by atoms with E-state index in [0.29, 0.717) is 12.8 Å². The molecule has 0 aromatic heterocycles. The smallest absolute Gasteiger partial charge is 0.0565 e. The Morgan fingerprint density at radius 3 is 2.73 bits per heavy atom. The zero-order valence-corrected chi connectivity index (χ0v) is 6.20. The monoisotopic (exact) mass is 151 g/mol. The number of hydrogen-bond acceptors (Lipinski definition) is 2. The summed E-state index contributed by atoms with van der Waals surface area (Å²) in [6.07, 6.45) is 0.642. The Kier molecular flexibility index (Phi) is 1.51. The summed E-state index contributed by atoms with van der Waals surface area (Å²) in [5.41, 5.74) is 1.81. The predicted molar refractivity (Wildman–Crippen MR) is 41.2 cm³/mol. The third-order valence-electron chi connectivity index (χ3n) is 2.32. The lowest BCUT2D eigenvalue weighted by Gasteiger charge is -2.28. The summed E-state index contributed by atoms with van der Waals surface area (Å²) in [6, 6.07) is 5.63. The minimum absolute atomic E-state index is 0.358. The largest absolute Gasteiger partial charge is 0.402 e. The van der Waals surface area contributed by atoms with Gasteiger partial charge in [-0.1, -0.05) is 0 Å². The predicted octanol–water partition coefficient (Wildman–Crippen LogP) is 1.27. The molecule has 2 rings (SSSR count). The Morgan fingerprint density at radius 2 is 2.00 bits per heavy atom. The van der Waals surface area contributed by atoms with Crippen molar-refractivity contribution in [1.82, 2.24) is 0 Å². The molecule has 2 N–H and O–H groups in total. The molecule has 2 unspecified atom stereocenters. The normalized spacial score (nSPS) is 30.0. The molecule has 2 heteroatoms. The highest BCUT2D eigenvalue weighted by Gasteiger charge is 2.17. The van der Waals surface area contributed by atoms with Crippen LogP contribution in [0.25, 0.3) is 0 Å². The van der Waals surface area contributed by atoms with Crippen LogP contribution in [0.2, 0.25) is 0 Å². The van der Waals surface area contributed by atoms with Crippen molar-refractivity contribution in [2.75, 3.05) is 0 Å². The summed E-state index contributed by atoms with van der Waals surface area (Å²) in [6.45, 7) is 0. The SMILES string of the molecule is OC1CCC(O)c2[cH-]ccc21. The van der Waals surface area contributed by atoms with Crippen molar-refractivity contribution in [3.05, 3.63) is 29.3 Å². The first kappa shape index (κ1) is 6.95. The van der Waals surface area contributed by atoms with Crippen LogP contribution in [-0.2, 0) is 0 Å². The second-order valence-electron chi connectivity index (χ2n) is 3.05. The second-order valence-corrected chi connectivity index (χ2v) is 3.05. The number of aliphatic hydroxyl groups excluding tert-OH is 2. The number of rotatable bonds is 0. The highest BCUT2D eigenvalue weighted by atomic mass is 16.3. The van der Waals surface area contributed by atoms with Crippen molar-refractivity contribution < 1.29 is 10.2 Å². The molecule has 0 saturated heterocycles. The average molecular weight is 151 g/mol. The van der Waals surface area contributed by atoms with E-state index in [0.717, 1.165) is 11.1 Å². The van der Waals surface area contributed by atoms with Gasteiger partial charge in [0.1, 0.15) is 0 Å². The Labute approximate surface area is 65.5 Å². The molecule has 2 nitrogen and oxygen atoms in total. The molecule has 0 fully saturated rings. The van der Waals surface area contributed by atoms with Crippen LogP contribution >= 0.6 is 0 Å². The standard InChI is InChI=1S/C9H11O2/c10-8-4-5-9(11)7-3-1-2-6(7)8/h1-3,8-11H,4-5H2/q-1. The minimum Gasteiger partial charge on any atom is -0.402 e. The third-order valence-corrected chi connectivity index (χ3v) is 2.32. The van der Waals surface area contributed by atoms with Gasteiger partial charge in [0.25, 0.3) is 0 Å². The lowest BCUT2D eigenvalue weighted by atomic mass is 9.91. The van der Waals surface area contributed by atoms with E-state index < -0.39 is 0 Å². The van der Waals surface area contributed by atoms with Crippen LogP contribution in [0, 0.1) is 0 Å². The quantitative estimate of drug-likeness (QED) is 0.548. The maximum absolute atomic E-state index is 9.46. The molecule has 1 aromatic carbocycles. The highest BCUT2D eigenvalue weighted by Crippen LogP contribution is 2.36. The van der Waals surface area contributed by atoms with Crippen molar-refractivity contribution >= 4 is 0 Å². The van der Waals surface area contributed by atoms with Gasteiger partial charge in [-0.15, -0.1) is 5.56 Å². The molecule has 0 bridgehead atoms. The van der Waals surface area contributed by atoms with Crippen LogP contribution in [0.3, 0.4) is 0 Å². The molecule has 0 amide bonds. The maximum atomic E-state index is 9.46. The van der Waals surface area contributed by atoms with Gasteiger partial charge in [0.15, 0.2) is 0 Å². The maximum Gasteiger partial charge on any atom is 0.0565 e. The van der Waals surface area contributed by atoms with Gasteiger partial charge >= 0.3 is 0 Å². The van der Waals surface area contributed by atoms with Gasteiger partial charge in [-0.05, 0) is 12.8 Å². The Morgan fingerprint density at radius 1 is 1.27 bits per heavy atom. The highest BCUT2D eigenvalue weighted by molar-refractivity contribution is 5.34. The molecule has 0 spiro atoms. The molecular formula is C9H11O2-. The van der Waals surface area contributed by atoms with E-state index >= 15 is 0 Å². The van der Waals surface area contributed by atoms with Crippen LogP contribution in [0.4, 0.5) is 0 Å². The van der Waals surface area contributed by atoms with Crippen LogP contribution in [0.15, 0.2) is 18.2 Å². The van der Waals surface area contributed by atoms with Gasteiger partial charge in [-0.25, -0.2) is 6.07 Å². The number of fused-ring (bicyclic) bond motifs is 1. The molecule has 0 saturated carbocycles. The first-order chi connectivity index (χ1) is 5.29. The molecule has 2 atom stereocenters. The average Bonchev–Trinajstić information content (AvgIpc) is 2.45. The molecular weight excluding hydrogens is 140 g/mol.